The SMILES string of the molecule is CC(=O)O[C@H]1CCC2C3C(CC[C@@]21C)c1ccc(O)cc1C[C@H]3CCCCCCCCCS(=O)CCCCF.CF. The van der Waals surface area contributed by atoms with Gasteiger partial charge in [-0.2, -0.15) is 0 Å². The zero-order valence-corrected chi connectivity index (χ0v) is 26.5. The van der Waals surface area contributed by atoms with Crippen LogP contribution in [0.15, 0.2) is 18.2 Å². The molecule has 1 aromatic rings. The fraction of sp³-hybridized carbons (Fsp3) is 0.794. The van der Waals surface area contributed by atoms with E-state index < -0.39 is 10.8 Å². The van der Waals surface area contributed by atoms with Crippen molar-refractivity contribution in [1.82, 2.24) is 0 Å². The molecular formula is C34H54F2O4S. The molecule has 3 aliphatic rings. The Bertz CT molecular complexity index is 972. The molecule has 0 heterocycles. The van der Waals surface area contributed by atoms with E-state index in [9.17, 15) is 22.9 Å². The Labute approximate surface area is 249 Å². The number of benzene rings is 1. The van der Waals surface area contributed by atoms with Gasteiger partial charge >= 0.3 is 5.97 Å². The summed E-state index contributed by atoms with van der Waals surface area (Å²) >= 11 is 0. The molecule has 1 N–H and O–H groups in total. The van der Waals surface area contributed by atoms with Gasteiger partial charge in [0.15, 0.2) is 0 Å². The molecule has 0 amide bonds. The van der Waals surface area contributed by atoms with Gasteiger partial charge in [0.05, 0.1) is 13.9 Å². The number of halogens is 2. The molecule has 0 saturated heterocycles. The average Bonchev–Trinajstić information content (AvgIpc) is 3.28. The van der Waals surface area contributed by atoms with Crippen LogP contribution in [0.1, 0.15) is 121 Å². The van der Waals surface area contributed by atoms with Crippen molar-refractivity contribution in [2.45, 2.75) is 122 Å². The topological polar surface area (TPSA) is 63.6 Å². The van der Waals surface area contributed by atoms with E-state index in [0.717, 1.165) is 57.1 Å². The molecule has 2 saturated carbocycles. The van der Waals surface area contributed by atoms with Crippen molar-refractivity contribution in [3.05, 3.63) is 29.3 Å². The first-order chi connectivity index (χ1) is 19.8. The molecule has 0 radical (unpaired) electrons. The highest BCUT2D eigenvalue weighted by Crippen LogP contribution is 2.63. The highest BCUT2D eigenvalue weighted by atomic mass is 32.2. The molecular weight excluding hydrogens is 542 g/mol. The summed E-state index contributed by atoms with van der Waals surface area (Å²) in [4.78, 5) is 11.9. The van der Waals surface area contributed by atoms with Crippen molar-refractivity contribution in [3.63, 3.8) is 0 Å². The van der Waals surface area contributed by atoms with Crippen molar-refractivity contribution in [1.29, 1.82) is 0 Å². The predicted molar refractivity (Wildman–Crippen MR) is 164 cm³/mol. The fourth-order valence-corrected chi connectivity index (χ4v) is 9.67. The van der Waals surface area contributed by atoms with Crippen LogP contribution in [-0.4, -0.2) is 46.7 Å². The molecule has 7 atom stereocenters. The Hall–Kier alpha value is -1.50. The Kier molecular flexibility index (Phi) is 14.1. The van der Waals surface area contributed by atoms with E-state index in [1.54, 1.807) is 6.92 Å². The molecule has 0 aliphatic heterocycles. The van der Waals surface area contributed by atoms with E-state index in [1.165, 1.54) is 49.7 Å². The number of hydrogen-bond acceptors (Lipinski definition) is 4. The molecule has 3 aliphatic carbocycles. The second-order valence-electron chi connectivity index (χ2n) is 12.9. The van der Waals surface area contributed by atoms with Crippen LogP contribution in [0.4, 0.5) is 8.78 Å². The average molecular weight is 597 g/mol. The molecule has 4 rings (SSSR count). The van der Waals surface area contributed by atoms with Crippen LogP contribution in [0.2, 0.25) is 0 Å². The maximum absolute atomic E-state index is 12.2. The van der Waals surface area contributed by atoms with Crippen LogP contribution in [-0.2, 0) is 26.8 Å². The van der Waals surface area contributed by atoms with Crippen molar-refractivity contribution in [3.8, 4) is 5.75 Å². The van der Waals surface area contributed by atoms with Crippen LogP contribution in [0.25, 0.3) is 0 Å². The summed E-state index contributed by atoms with van der Waals surface area (Å²) in [5.74, 6) is 4.06. The van der Waals surface area contributed by atoms with E-state index in [0.29, 0.717) is 48.8 Å². The number of unbranched alkanes of at least 4 members (excludes halogenated alkanes) is 7. The molecule has 4 nitrogen and oxygen atoms in total. The van der Waals surface area contributed by atoms with E-state index >= 15 is 0 Å². The van der Waals surface area contributed by atoms with Crippen LogP contribution < -0.4 is 0 Å². The first kappa shape index (κ1) is 34.0. The maximum atomic E-state index is 12.2. The highest BCUT2D eigenvalue weighted by molar-refractivity contribution is 7.84. The summed E-state index contributed by atoms with van der Waals surface area (Å²) in [6.07, 6.45) is 16.4. The van der Waals surface area contributed by atoms with Gasteiger partial charge in [0.1, 0.15) is 11.9 Å². The minimum Gasteiger partial charge on any atom is -0.508 e. The Balaban J connectivity index is 0.00000226. The van der Waals surface area contributed by atoms with Crippen LogP contribution in [0, 0.1) is 23.2 Å². The van der Waals surface area contributed by atoms with Gasteiger partial charge in [0.25, 0.3) is 0 Å². The Morgan fingerprint density at radius 2 is 1.66 bits per heavy atom. The summed E-state index contributed by atoms with van der Waals surface area (Å²) in [6, 6.07) is 6.06. The third kappa shape index (κ3) is 9.00. The summed E-state index contributed by atoms with van der Waals surface area (Å²) in [5.41, 5.74) is 2.88. The van der Waals surface area contributed by atoms with Crippen LogP contribution >= 0.6 is 0 Å². The smallest absolute Gasteiger partial charge is 0.302 e. The number of phenols is 1. The molecule has 4 unspecified atom stereocenters. The monoisotopic (exact) mass is 596 g/mol. The first-order valence-corrected chi connectivity index (χ1v) is 17.6. The van der Waals surface area contributed by atoms with Gasteiger partial charge in [-0.15, -0.1) is 0 Å². The van der Waals surface area contributed by atoms with Crippen molar-refractivity contribution < 1.29 is 27.6 Å². The number of rotatable bonds is 15. The second kappa shape index (κ2) is 17.0. The van der Waals surface area contributed by atoms with Crippen molar-refractivity contribution in [2.75, 3.05) is 25.4 Å². The Morgan fingerprint density at radius 1 is 1.00 bits per heavy atom. The van der Waals surface area contributed by atoms with Gasteiger partial charge in [0.2, 0.25) is 0 Å². The number of phenolic OH excluding ortho intramolecular Hbond substituents is 1. The Morgan fingerprint density at radius 3 is 2.34 bits per heavy atom. The fourth-order valence-electron chi connectivity index (χ4n) is 8.42. The molecule has 0 aromatic heterocycles. The summed E-state index contributed by atoms with van der Waals surface area (Å²) in [5, 5.41) is 10.2. The summed E-state index contributed by atoms with van der Waals surface area (Å²) in [7, 11) is -0.273. The summed E-state index contributed by atoms with van der Waals surface area (Å²) < 4.78 is 39.5. The van der Waals surface area contributed by atoms with Crippen molar-refractivity contribution in [2.24, 2.45) is 23.2 Å². The lowest BCUT2D eigenvalue weighted by molar-refractivity contribution is -0.155. The van der Waals surface area contributed by atoms with Gasteiger partial charge in [-0.1, -0.05) is 51.5 Å². The molecule has 41 heavy (non-hydrogen) atoms. The number of carbonyl (C=O) groups is 1. The normalized spacial score (nSPS) is 29.0. The van der Waals surface area contributed by atoms with E-state index in [4.69, 9.17) is 4.74 Å². The van der Waals surface area contributed by atoms with Gasteiger partial charge < -0.3 is 9.84 Å². The number of carbonyl (C=O) groups excluding carboxylic acids is 1. The molecule has 7 heteroatoms. The predicted octanol–water partition coefficient (Wildman–Crippen LogP) is 8.61. The maximum Gasteiger partial charge on any atom is 0.302 e. The number of hydrogen-bond donors (Lipinski definition) is 1. The van der Waals surface area contributed by atoms with Gasteiger partial charge in [0, 0.05) is 34.6 Å². The van der Waals surface area contributed by atoms with Crippen molar-refractivity contribution >= 4 is 16.8 Å². The number of ether oxygens (including phenoxy) is 1. The zero-order valence-electron chi connectivity index (χ0n) is 25.7. The molecule has 234 valence electrons. The van der Waals surface area contributed by atoms with E-state index in [1.807, 2.05) is 12.1 Å². The number of alkyl halides is 2. The third-order valence-electron chi connectivity index (χ3n) is 10.3. The second-order valence-corrected chi connectivity index (χ2v) is 14.6. The van der Waals surface area contributed by atoms with Crippen LogP contribution in [0.5, 0.6) is 5.75 Å². The lowest BCUT2D eigenvalue weighted by atomic mass is 9.52. The summed E-state index contributed by atoms with van der Waals surface area (Å²) in [6.45, 7) is 3.64. The minimum absolute atomic E-state index is 0.0513. The van der Waals surface area contributed by atoms with E-state index in [2.05, 4.69) is 13.0 Å². The standard InChI is InChI=1S/C33H51FO4S.CH3F/c1-24(35)38-31-16-15-30-32-25(12-8-6-4-3-5-7-10-20-39(37)21-11-9-19-34)22-26-23-27(36)13-14-28(26)29(32)17-18-33(30,31)2;1-2/h13-14,23,25,29-32,36H,3-12,15-22H2,1-2H3;1H3/t25-,29?,30?,31+,32?,33+,39?;/m1./s1. The molecule has 1 aromatic carbocycles. The zero-order chi connectivity index (χ0) is 29.8. The van der Waals surface area contributed by atoms with Gasteiger partial charge in [-0.25, -0.2) is 0 Å². The minimum atomic E-state index is -0.773. The lowest BCUT2D eigenvalue weighted by Gasteiger charge is -2.53. The highest BCUT2D eigenvalue weighted by Gasteiger charge is 2.57. The first-order valence-electron chi connectivity index (χ1n) is 16.1. The largest absolute Gasteiger partial charge is 0.508 e. The quantitative estimate of drug-likeness (QED) is 0.163. The van der Waals surface area contributed by atoms with E-state index in [-0.39, 0.29) is 24.2 Å². The molecule has 0 spiro atoms. The van der Waals surface area contributed by atoms with Gasteiger partial charge in [-0.3, -0.25) is 17.8 Å². The number of fused-ring (bicyclic) bond motifs is 5. The lowest BCUT2D eigenvalue weighted by Crippen LogP contribution is -2.48. The van der Waals surface area contributed by atoms with Gasteiger partial charge in [-0.05, 0) is 105 Å². The van der Waals surface area contributed by atoms with Crippen LogP contribution in [0.3, 0.4) is 0 Å². The third-order valence-corrected chi connectivity index (χ3v) is 11.8. The molecule has 0 bridgehead atoms. The number of aromatic hydroxyl groups is 1. The molecule has 2 fully saturated rings. The number of esters is 1.